The van der Waals surface area contributed by atoms with Gasteiger partial charge < -0.3 is 10.4 Å². The van der Waals surface area contributed by atoms with Gasteiger partial charge in [-0.2, -0.15) is 5.26 Å². The minimum absolute atomic E-state index is 0.150. The van der Waals surface area contributed by atoms with Gasteiger partial charge in [-0.3, -0.25) is 0 Å². The second kappa shape index (κ2) is 4.88. The SMILES string of the molecule is [C-]#[N+]C1=C(c2cccc(O)c2)NC(C)=C(C#N)[C@H]1C. The number of nitrogens with one attached hydrogen (secondary N) is 1. The minimum Gasteiger partial charge on any atom is -0.508 e. The number of dihydropyridines is 1. The number of nitriles is 1. The van der Waals surface area contributed by atoms with Crippen LogP contribution in [0.15, 0.2) is 41.2 Å². The lowest BCUT2D eigenvalue weighted by atomic mass is 9.90. The number of phenols is 1. The van der Waals surface area contributed by atoms with E-state index in [2.05, 4.69) is 16.2 Å². The highest BCUT2D eigenvalue weighted by Crippen LogP contribution is 2.34. The number of nitrogens with zero attached hydrogens (tertiary/aromatic N) is 2. The molecule has 0 bridgehead atoms. The summed E-state index contributed by atoms with van der Waals surface area (Å²) in [5, 5.41) is 21.8. The first-order valence-corrected chi connectivity index (χ1v) is 5.87. The molecule has 94 valence electrons. The summed E-state index contributed by atoms with van der Waals surface area (Å²) in [6.45, 7) is 11.0. The normalized spacial score (nSPS) is 18.6. The van der Waals surface area contributed by atoms with Crippen molar-refractivity contribution in [3.63, 3.8) is 0 Å². The molecule has 0 saturated carbocycles. The Morgan fingerprint density at radius 2 is 2.21 bits per heavy atom. The molecule has 0 unspecified atom stereocenters. The van der Waals surface area contributed by atoms with Crippen LogP contribution in [0.2, 0.25) is 0 Å². The highest BCUT2D eigenvalue weighted by Gasteiger charge is 2.26. The molecule has 0 aliphatic carbocycles. The van der Waals surface area contributed by atoms with Gasteiger partial charge in [-0.15, -0.1) is 0 Å². The monoisotopic (exact) mass is 251 g/mol. The summed E-state index contributed by atoms with van der Waals surface area (Å²) in [5.74, 6) is -0.0856. The second-order valence-electron chi connectivity index (χ2n) is 4.42. The molecule has 4 heteroatoms. The number of aromatic hydroxyl groups is 1. The van der Waals surface area contributed by atoms with Gasteiger partial charge >= 0.3 is 0 Å². The van der Waals surface area contributed by atoms with Crippen LogP contribution in [-0.4, -0.2) is 5.11 Å². The molecule has 1 aliphatic rings. The van der Waals surface area contributed by atoms with Gasteiger partial charge in [0.2, 0.25) is 0 Å². The fourth-order valence-corrected chi connectivity index (χ4v) is 2.21. The summed E-state index contributed by atoms with van der Waals surface area (Å²) in [6, 6.07) is 8.87. The number of allylic oxidation sites excluding steroid dienone is 2. The average Bonchev–Trinajstić information content (AvgIpc) is 2.38. The highest BCUT2D eigenvalue weighted by atomic mass is 16.3. The van der Waals surface area contributed by atoms with E-state index in [9.17, 15) is 5.11 Å². The molecule has 0 spiro atoms. The molecule has 0 saturated heterocycles. The summed E-state index contributed by atoms with van der Waals surface area (Å²) < 4.78 is 0. The van der Waals surface area contributed by atoms with Crippen LogP contribution in [0.1, 0.15) is 19.4 Å². The largest absolute Gasteiger partial charge is 0.508 e. The first kappa shape index (κ1) is 12.7. The van der Waals surface area contributed by atoms with Crippen molar-refractivity contribution in [2.24, 2.45) is 5.92 Å². The van der Waals surface area contributed by atoms with Crippen molar-refractivity contribution in [1.29, 1.82) is 5.26 Å². The van der Waals surface area contributed by atoms with Crippen molar-refractivity contribution >= 4 is 5.70 Å². The molecule has 2 rings (SSSR count). The second-order valence-corrected chi connectivity index (χ2v) is 4.42. The van der Waals surface area contributed by atoms with Gasteiger partial charge in [0.25, 0.3) is 0 Å². The zero-order valence-corrected chi connectivity index (χ0v) is 10.7. The van der Waals surface area contributed by atoms with Gasteiger partial charge in [0, 0.05) is 22.9 Å². The third-order valence-corrected chi connectivity index (χ3v) is 3.19. The van der Waals surface area contributed by atoms with Gasteiger partial charge in [-0.25, -0.2) is 4.85 Å². The van der Waals surface area contributed by atoms with E-state index in [0.29, 0.717) is 17.0 Å². The van der Waals surface area contributed by atoms with E-state index in [4.69, 9.17) is 11.8 Å². The smallest absolute Gasteiger partial charge is 0.196 e. The molecule has 0 aromatic heterocycles. The molecule has 4 nitrogen and oxygen atoms in total. The Labute approximate surface area is 112 Å². The van der Waals surface area contributed by atoms with Gasteiger partial charge in [0.1, 0.15) is 5.75 Å². The number of phenolic OH excluding ortho intramolecular Hbond substituents is 1. The summed E-state index contributed by atoms with van der Waals surface area (Å²) in [7, 11) is 0. The number of hydrogen-bond donors (Lipinski definition) is 2. The molecule has 0 fully saturated rings. The van der Waals surface area contributed by atoms with Gasteiger partial charge in [0.05, 0.1) is 12.6 Å². The van der Waals surface area contributed by atoms with Gasteiger partial charge in [0.15, 0.2) is 5.70 Å². The van der Waals surface area contributed by atoms with E-state index < -0.39 is 0 Å². The Morgan fingerprint density at radius 3 is 2.79 bits per heavy atom. The summed E-state index contributed by atoms with van der Waals surface area (Å²) in [5.41, 5.74) is 3.23. The molecule has 1 aromatic rings. The summed E-state index contributed by atoms with van der Waals surface area (Å²) in [4.78, 5) is 3.55. The van der Waals surface area contributed by atoms with Crippen LogP contribution in [0.4, 0.5) is 0 Å². The van der Waals surface area contributed by atoms with E-state index in [0.717, 1.165) is 11.3 Å². The summed E-state index contributed by atoms with van der Waals surface area (Å²) >= 11 is 0. The van der Waals surface area contributed by atoms with E-state index in [-0.39, 0.29) is 11.7 Å². The molecule has 0 radical (unpaired) electrons. The Morgan fingerprint density at radius 1 is 1.47 bits per heavy atom. The molecule has 1 aromatic carbocycles. The minimum atomic E-state index is -0.235. The van der Waals surface area contributed by atoms with Gasteiger partial charge in [-0.1, -0.05) is 19.1 Å². The average molecular weight is 251 g/mol. The van der Waals surface area contributed by atoms with Crippen molar-refractivity contribution in [1.82, 2.24) is 5.32 Å². The zero-order valence-electron chi connectivity index (χ0n) is 10.7. The quantitative estimate of drug-likeness (QED) is 0.754. The first-order chi connectivity index (χ1) is 9.08. The Kier molecular flexibility index (Phi) is 3.27. The van der Waals surface area contributed by atoms with Crippen molar-refractivity contribution in [2.75, 3.05) is 0 Å². The van der Waals surface area contributed by atoms with Crippen LogP contribution in [0.25, 0.3) is 10.5 Å². The van der Waals surface area contributed by atoms with Crippen molar-refractivity contribution < 1.29 is 5.11 Å². The predicted octanol–water partition coefficient (Wildman–Crippen LogP) is 3.02. The molecule has 1 atom stereocenters. The maximum atomic E-state index is 9.54. The van der Waals surface area contributed by atoms with Crippen molar-refractivity contribution in [2.45, 2.75) is 13.8 Å². The standard InChI is InChI=1S/C15H13N3O/c1-9-13(8-16)10(2)18-15(14(9)17-3)11-5-4-6-12(19)7-11/h4-7,9,18-19H,1-2H3/t9-/m1/s1. The third kappa shape index (κ3) is 2.17. The van der Waals surface area contributed by atoms with E-state index in [1.54, 1.807) is 18.2 Å². The molecule has 0 amide bonds. The lowest BCUT2D eigenvalue weighted by Gasteiger charge is -2.25. The number of rotatable bonds is 1. The zero-order chi connectivity index (χ0) is 14.0. The van der Waals surface area contributed by atoms with E-state index in [1.165, 1.54) is 0 Å². The van der Waals surface area contributed by atoms with E-state index >= 15 is 0 Å². The first-order valence-electron chi connectivity index (χ1n) is 5.87. The Hall–Kier alpha value is -2.72. The maximum Gasteiger partial charge on any atom is 0.196 e. The molecular formula is C15H13N3O. The molecule has 1 aliphatic heterocycles. The fourth-order valence-electron chi connectivity index (χ4n) is 2.21. The molecular weight excluding hydrogens is 238 g/mol. The maximum absolute atomic E-state index is 9.54. The molecule has 1 heterocycles. The van der Waals surface area contributed by atoms with Crippen molar-refractivity contribution in [3.05, 3.63) is 58.2 Å². The Bertz CT molecular complexity index is 671. The van der Waals surface area contributed by atoms with Crippen LogP contribution >= 0.6 is 0 Å². The third-order valence-electron chi connectivity index (χ3n) is 3.19. The molecule has 2 N–H and O–H groups in total. The number of benzene rings is 1. The van der Waals surface area contributed by atoms with E-state index in [1.807, 2.05) is 19.9 Å². The molecule has 19 heavy (non-hydrogen) atoms. The fraction of sp³-hybridized carbons (Fsp3) is 0.200. The lowest BCUT2D eigenvalue weighted by molar-refractivity contribution is 0.475. The topological polar surface area (TPSA) is 60.4 Å². The van der Waals surface area contributed by atoms with Crippen LogP contribution in [0.3, 0.4) is 0 Å². The van der Waals surface area contributed by atoms with Crippen LogP contribution in [0.5, 0.6) is 5.75 Å². The van der Waals surface area contributed by atoms with Crippen LogP contribution < -0.4 is 5.32 Å². The summed E-state index contributed by atoms with van der Waals surface area (Å²) in [6.07, 6.45) is 0. The van der Waals surface area contributed by atoms with Crippen LogP contribution in [-0.2, 0) is 0 Å². The predicted molar refractivity (Wildman–Crippen MR) is 72.2 cm³/mol. The Balaban J connectivity index is 2.57. The van der Waals surface area contributed by atoms with Gasteiger partial charge in [-0.05, 0) is 24.6 Å². The number of hydrogen-bond acceptors (Lipinski definition) is 3. The van der Waals surface area contributed by atoms with Crippen molar-refractivity contribution in [3.8, 4) is 11.8 Å². The lowest BCUT2D eigenvalue weighted by Crippen LogP contribution is -2.22. The van der Waals surface area contributed by atoms with Crippen LogP contribution in [0, 0.1) is 23.8 Å². The highest BCUT2D eigenvalue weighted by molar-refractivity contribution is 5.74.